The van der Waals surface area contributed by atoms with Gasteiger partial charge in [-0.15, -0.1) is 0 Å². The van der Waals surface area contributed by atoms with E-state index >= 15 is 0 Å². The maximum Gasteiger partial charge on any atom is 0.157 e. The number of hydrogen-bond acceptors (Lipinski definition) is 5. The minimum absolute atomic E-state index is 0.00921. The van der Waals surface area contributed by atoms with E-state index in [1.807, 2.05) is 0 Å². The fraction of sp³-hybridized carbons (Fsp3) is 1.00. The lowest BCUT2D eigenvalue weighted by atomic mass is 10.2. The molecule has 0 aromatic rings. The molecule has 86 valence electrons. The van der Waals surface area contributed by atoms with Crippen molar-refractivity contribution >= 4 is 0 Å². The fourth-order valence-corrected chi connectivity index (χ4v) is 0.980. The maximum atomic E-state index is 8.60. The Kier molecular flexibility index (Phi) is 6.22. The Morgan fingerprint density at radius 3 is 2.07 bits per heavy atom. The highest BCUT2D eigenvalue weighted by Gasteiger charge is 2.23. The van der Waals surface area contributed by atoms with E-state index < -0.39 is 5.79 Å². The summed E-state index contributed by atoms with van der Waals surface area (Å²) in [6.07, 6.45) is 1.74. The number of methoxy groups -OCH3 is 1. The second kappa shape index (κ2) is 6.31. The van der Waals surface area contributed by atoms with Crippen LogP contribution in [0.5, 0.6) is 0 Å². The molecule has 1 saturated heterocycles. The van der Waals surface area contributed by atoms with Gasteiger partial charge < -0.3 is 24.8 Å². The molecule has 1 aliphatic rings. The summed E-state index contributed by atoms with van der Waals surface area (Å²) in [4.78, 5) is 0. The first-order valence-corrected chi connectivity index (χ1v) is 4.60. The highest BCUT2D eigenvalue weighted by atomic mass is 16.7. The lowest BCUT2D eigenvalue weighted by Gasteiger charge is -2.08. The lowest BCUT2D eigenvalue weighted by molar-refractivity contribution is -0.127. The minimum Gasteiger partial charge on any atom is -0.394 e. The third-order valence-corrected chi connectivity index (χ3v) is 1.54. The zero-order valence-corrected chi connectivity index (χ0v) is 8.93. The zero-order chi connectivity index (χ0) is 11.2. The summed E-state index contributed by atoms with van der Waals surface area (Å²) in [5, 5.41) is 24.8. The van der Waals surface area contributed by atoms with Crippen LogP contribution in [-0.4, -0.2) is 47.2 Å². The Balaban J connectivity index is 0.000000292. The molecular weight excluding hydrogens is 188 g/mol. The van der Waals surface area contributed by atoms with Crippen LogP contribution in [-0.2, 0) is 9.47 Å². The predicted molar refractivity (Wildman–Crippen MR) is 50.5 cm³/mol. The normalized spacial score (nSPS) is 27.0. The summed E-state index contributed by atoms with van der Waals surface area (Å²) in [7, 11) is 1.62. The summed E-state index contributed by atoms with van der Waals surface area (Å²) >= 11 is 0. The van der Waals surface area contributed by atoms with E-state index in [9.17, 15) is 0 Å². The minimum atomic E-state index is -1.50. The Hall–Kier alpha value is -0.200. The van der Waals surface area contributed by atoms with Gasteiger partial charge in [0.25, 0.3) is 0 Å². The van der Waals surface area contributed by atoms with Gasteiger partial charge in [0, 0.05) is 13.5 Å². The van der Waals surface area contributed by atoms with Crippen LogP contribution < -0.4 is 0 Å². The molecule has 0 aliphatic carbocycles. The van der Waals surface area contributed by atoms with E-state index in [1.165, 1.54) is 13.8 Å². The summed E-state index contributed by atoms with van der Waals surface area (Å²) in [5.74, 6) is -1.50. The number of ether oxygens (including phenoxy) is 2. The van der Waals surface area contributed by atoms with Crippen LogP contribution in [0.2, 0.25) is 0 Å². The van der Waals surface area contributed by atoms with Gasteiger partial charge in [0.15, 0.2) is 12.1 Å². The van der Waals surface area contributed by atoms with Gasteiger partial charge in [0.1, 0.15) is 0 Å². The third-order valence-electron chi connectivity index (χ3n) is 1.54. The van der Waals surface area contributed by atoms with Crippen molar-refractivity contribution in [2.24, 2.45) is 0 Å². The molecule has 1 rings (SSSR count). The van der Waals surface area contributed by atoms with E-state index in [1.54, 1.807) is 7.11 Å². The Labute approximate surface area is 84.3 Å². The van der Waals surface area contributed by atoms with E-state index in [0.29, 0.717) is 0 Å². The molecule has 0 bridgehead atoms. The molecule has 5 nitrogen and oxygen atoms in total. The molecule has 1 heterocycles. The average molecular weight is 208 g/mol. The van der Waals surface area contributed by atoms with Gasteiger partial charge in [-0.25, -0.2) is 0 Å². The molecule has 3 N–H and O–H groups in total. The van der Waals surface area contributed by atoms with Crippen molar-refractivity contribution in [1.82, 2.24) is 0 Å². The Morgan fingerprint density at radius 1 is 1.36 bits per heavy atom. The van der Waals surface area contributed by atoms with E-state index in [-0.39, 0.29) is 19.0 Å². The van der Waals surface area contributed by atoms with Gasteiger partial charge in [-0.05, 0) is 20.3 Å². The molecule has 0 aromatic carbocycles. The lowest BCUT2D eigenvalue weighted by Crippen LogP contribution is -2.15. The van der Waals surface area contributed by atoms with Crippen LogP contribution in [0.4, 0.5) is 0 Å². The van der Waals surface area contributed by atoms with Crippen molar-refractivity contribution in [3.8, 4) is 0 Å². The number of aliphatic hydroxyl groups is 3. The van der Waals surface area contributed by atoms with Gasteiger partial charge in [0.05, 0.1) is 12.7 Å². The second-order valence-electron chi connectivity index (χ2n) is 3.68. The standard InChI is InChI=1S/C6H12O3.C3H8O2/c1-8-6-3-2-5(4-7)9-6;1-3(2,4)5/h5-7H,2-4H2,1H3;4-5H,1-2H3. The van der Waals surface area contributed by atoms with E-state index in [2.05, 4.69) is 0 Å². The van der Waals surface area contributed by atoms with Crippen molar-refractivity contribution in [3.05, 3.63) is 0 Å². The monoisotopic (exact) mass is 208 g/mol. The van der Waals surface area contributed by atoms with Gasteiger partial charge in [-0.2, -0.15) is 0 Å². The number of hydrogen-bond donors (Lipinski definition) is 3. The summed E-state index contributed by atoms with van der Waals surface area (Å²) < 4.78 is 10.1. The molecule has 14 heavy (non-hydrogen) atoms. The van der Waals surface area contributed by atoms with Gasteiger partial charge in [-0.3, -0.25) is 0 Å². The molecule has 0 radical (unpaired) electrons. The third kappa shape index (κ3) is 8.40. The Morgan fingerprint density at radius 2 is 1.86 bits per heavy atom. The first kappa shape index (κ1) is 13.8. The zero-order valence-electron chi connectivity index (χ0n) is 8.93. The predicted octanol–water partition coefficient (Wildman–Crippen LogP) is -0.163. The quantitative estimate of drug-likeness (QED) is 0.549. The molecule has 1 fully saturated rings. The first-order chi connectivity index (χ1) is 6.36. The fourth-order valence-electron chi connectivity index (χ4n) is 0.980. The van der Waals surface area contributed by atoms with Crippen molar-refractivity contribution in [1.29, 1.82) is 0 Å². The molecule has 2 unspecified atom stereocenters. The largest absolute Gasteiger partial charge is 0.394 e. The van der Waals surface area contributed by atoms with E-state index in [0.717, 1.165) is 12.8 Å². The van der Waals surface area contributed by atoms with Crippen molar-refractivity contribution in [3.63, 3.8) is 0 Å². The summed E-state index contributed by atoms with van der Waals surface area (Å²) in [6, 6.07) is 0. The molecule has 0 amide bonds. The molecule has 5 heteroatoms. The first-order valence-electron chi connectivity index (χ1n) is 4.60. The maximum absolute atomic E-state index is 8.60. The Bertz CT molecular complexity index is 127. The van der Waals surface area contributed by atoms with Crippen LogP contribution in [0.1, 0.15) is 26.7 Å². The van der Waals surface area contributed by atoms with Gasteiger partial charge >= 0.3 is 0 Å². The van der Waals surface area contributed by atoms with Crippen LogP contribution in [0, 0.1) is 0 Å². The van der Waals surface area contributed by atoms with E-state index in [4.69, 9.17) is 24.8 Å². The van der Waals surface area contributed by atoms with Gasteiger partial charge in [0.2, 0.25) is 0 Å². The van der Waals surface area contributed by atoms with Crippen LogP contribution in [0.25, 0.3) is 0 Å². The SMILES string of the molecule is CC(C)(O)O.COC1CCC(CO)O1. The average Bonchev–Trinajstić information content (AvgIpc) is 2.48. The molecule has 0 spiro atoms. The summed E-state index contributed by atoms with van der Waals surface area (Å²) in [6.45, 7) is 2.71. The molecule has 2 atom stereocenters. The van der Waals surface area contributed by atoms with Gasteiger partial charge in [-0.1, -0.05) is 0 Å². The molecule has 0 aromatic heterocycles. The van der Waals surface area contributed by atoms with Crippen molar-refractivity contribution < 1.29 is 24.8 Å². The molecular formula is C9H20O5. The van der Waals surface area contributed by atoms with Crippen LogP contribution >= 0.6 is 0 Å². The molecule has 0 saturated carbocycles. The number of rotatable bonds is 2. The molecule has 1 aliphatic heterocycles. The second-order valence-corrected chi connectivity index (χ2v) is 3.68. The highest BCUT2D eigenvalue weighted by Crippen LogP contribution is 2.18. The number of aliphatic hydroxyl groups excluding tert-OH is 1. The summed E-state index contributed by atoms with van der Waals surface area (Å²) in [5.41, 5.74) is 0. The highest BCUT2D eigenvalue weighted by molar-refractivity contribution is 4.65. The van der Waals surface area contributed by atoms with Crippen LogP contribution in [0.3, 0.4) is 0 Å². The van der Waals surface area contributed by atoms with Crippen LogP contribution in [0.15, 0.2) is 0 Å². The smallest absolute Gasteiger partial charge is 0.157 e. The topological polar surface area (TPSA) is 79.2 Å². The van der Waals surface area contributed by atoms with Crippen molar-refractivity contribution in [2.45, 2.75) is 44.9 Å². The van der Waals surface area contributed by atoms with Crippen molar-refractivity contribution in [2.75, 3.05) is 13.7 Å².